The molecule has 0 amide bonds. The van der Waals surface area contributed by atoms with Crippen LogP contribution in [0.5, 0.6) is 0 Å². The third-order valence-corrected chi connectivity index (χ3v) is 9.81. The Balaban J connectivity index is 4.23. The number of carbonyl (C=O) groups is 3. The molecule has 296 valence electrons. The number of nitrogens with two attached hydrogens (primary N) is 1. The molecule has 0 bridgehead atoms. The van der Waals surface area contributed by atoms with Gasteiger partial charge in [-0.25, -0.2) is 4.57 Å². The number of carboxylic acids is 1. The first-order valence-corrected chi connectivity index (χ1v) is 21.6. The predicted octanol–water partition coefficient (Wildman–Crippen LogP) is 9.95. The van der Waals surface area contributed by atoms with E-state index in [0.717, 1.165) is 38.5 Å². The summed E-state index contributed by atoms with van der Waals surface area (Å²) in [6.07, 6.45) is 30.6. The van der Waals surface area contributed by atoms with Gasteiger partial charge < -0.3 is 25.2 Å². The maximum Gasteiger partial charge on any atom is 0.472 e. The fourth-order valence-electron chi connectivity index (χ4n) is 5.65. The van der Waals surface area contributed by atoms with E-state index in [9.17, 15) is 23.8 Å². The fraction of sp³-hybridized carbons (Fsp3) is 0.921. The molecule has 12 heteroatoms. The molecule has 0 aliphatic rings. The summed E-state index contributed by atoms with van der Waals surface area (Å²) >= 11 is 0. The third kappa shape index (κ3) is 33.6. The Labute approximate surface area is 304 Å². The first-order chi connectivity index (χ1) is 24.1. The van der Waals surface area contributed by atoms with Crippen LogP contribution in [0.25, 0.3) is 0 Å². The summed E-state index contributed by atoms with van der Waals surface area (Å²) in [6.45, 7) is 2.76. The molecule has 4 N–H and O–H groups in total. The molecule has 0 fully saturated rings. The number of hydrogen-bond donors (Lipinski definition) is 3. The van der Waals surface area contributed by atoms with Crippen molar-refractivity contribution < 1.29 is 47.5 Å². The summed E-state index contributed by atoms with van der Waals surface area (Å²) in [5, 5.41) is 8.85. The first-order valence-electron chi connectivity index (χ1n) is 20.1. The normalized spacial score (nSPS) is 13.8. The molecule has 0 aromatic heterocycles. The van der Waals surface area contributed by atoms with Gasteiger partial charge in [0.15, 0.2) is 6.10 Å². The van der Waals surface area contributed by atoms with E-state index in [0.29, 0.717) is 12.8 Å². The summed E-state index contributed by atoms with van der Waals surface area (Å²) < 4.78 is 32.5. The predicted molar refractivity (Wildman–Crippen MR) is 199 cm³/mol. The van der Waals surface area contributed by atoms with E-state index >= 15 is 0 Å². The number of carboxylic acid groups (broad SMARTS) is 1. The van der Waals surface area contributed by atoms with E-state index in [-0.39, 0.29) is 19.4 Å². The molecular formula is C38H74NO10P. The summed E-state index contributed by atoms with van der Waals surface area (Å²) in [7, 11) is -4.70. The number of rotatable bonds is 38. The van der Waals surface area contributed by atoms with Crippen LogP contribution in [-0.4, -0.2) is 59.9 Å². The second-order valence-corrected chi connectivity index (χ2v) is 15.2. The van der Waals surface area contributed by atoms with Crippen molar-refractivity contribution in [3.05, 3.63) is 0 Å². The van der Waals surface area contributed by atoms with Crippen molar-refractivity contribution in [3.8, 4) is 0 Å². The molecule has 0 radical (unpaired) electrons. The van der Waals surface area contributed by atoms with Crippen molar-refractivity contribution in [2.45, 2.75) is 206 Å². The molecule has 3 atom stereocenters. The molecule has 0 aromatic rings. The van der Waals surface area contributed by atoms with Gasteiger partial charge in [-0.3, -0.25) is 23.4 Å². The molecule has 0 spiro atoms. The Morgan fingerprint density at radius 2 is 0.880 bits per heavy atom. The van der Waals surface area contributed by atoms with Gasteiger partial charge in [-0.2, -0.15) is 0 Å². The summed E-state index contributed by atoms with van der Waals surface area (Å²) in [5.41, 5.74) is 5.31. The van der Waals surface area contributed by atoms with Gasteiger partial charge in [0.2, 0.25) is 0 Å². The zero-order chi connectivity index (χ0) is 37.1. The molecular weight excluding hydrogens is 661 g/mol. The molecule has 0 heterocycles. The number of hydrogen-bond acceptors (Lipinski definition) is 9. The second-order valence-electron chi connectivity index (χ2n) is 13.8. The molecule has 0 aromatic carbocycles. The van der Waals surface area contributed by atoms with Gasteiger partial charge in [-0.15, -0.1) is 0 Å². The number of esters is 2. The molecule has 0 saturated heterocycles. The topological polar surface area (TPSA) is 172 Å². The number of ether oxygens (including phenoxy) is 2. The molecule has 3 unspecified atom stereocenters. The van der Waals surface area contributed by atoms with Crippen molar-refractivity contribution in [2.24, 2.45) is 5.73 Å². The van der Waals surface area contributed by atoms with Crippen molar-refractivity contribution in [3.63, 3.8) is 0 Å². The Morgan fingerprint density at radius 1 is 0.540 bits per heavy atom. The van der Waals surface area contributed by atoms with Gasteiger partial charge >= 0.3 is 25.7 Å². The molecule has 0 saturated carbocycles. The summed E-state index contributed by atoms with van der Waals surface area (Å²) in [4.78, 5) is 45.6. The molecule has 0 rings (SSSR count). The minimum absolute atomic E-state index is 0.169. The van der Waals surface area contributed by atoms with Crippen LogP contribution in [0.15, 0.2) is 0 Å². The van der Waals surface area contributed by atoms with Crippen molar-refractivity contribution in [1.82, 2.24) is 0 Å². The quantitative estimate of drug-likeness (QED) is 0.0313. The lowest BCUT2D eigenvalue weighted by molar-refractivity contribution is -0.161. The van der Waals surface area contributed by atoms with Crippen LogP contribution in [0.3, 0.4) is 0 Å². The van der Waals surface area contributed by atoms with Gasteiger partial charge in [0, 0.05) is 12.8 Å². The lowest BCUT2D eigenvalue weighted by Crippen LogP contribution is -2.34. The zero-order valence-electron chi connectivity index (χ0n) is 31.8. The zero-order valence-corrected chi connectivity index (χ0v) is 32.7. The Hall–Kier alpha value is -1.52. The molecule has 0 aliphatic heterocycles. The van der Waals surface area contributed by atoms with Gasteiger partial charge in [0.1, 0.15) is 12.6 Å². The lowest BCUT2D eigenvalue weighted by Gasteiger charge is -2.20. The van der Waals surface area contributed by atoms with E-state index in [2.05, 4.69) is 18.4 Å². The van der Waals surface area contributed by atoms with E-state index < -0.39 is 51.1 Å². The number of carbonyl (C=O) groups excluding carboxylic acids is 2. The van der Waals surface area contributed by atoms with E-state index in [4.69, 9.17) is 24.8 Å². The average molecular weight is 736 g/mol. The monoisotopic (exact) mass is 736 g/mol. The molecule has 0 aliphatic carbocycles. The number of phosphoric acid groups is 1. The number of aliphatic carboxylic acids is 1. The van der Waals surface area contributed by atoms with Gasteiger partial charge in [-0.05, 0) is 12.8 Å². The minimum Gasteiger partial charge on any atom is -0.480 e. The first kappa shape index (κ1) is 48.5. The Kier molecular flexibility index (Phi) is 33.5. The molecule has 11 nitrogen and oxygen atoms in total. The van der Waals surface area contributed by atoms with Gasteiger partial charge in [0.25, 0.3) is 0 Å². The maximum absolute atomic E-state index is 12.6. The van der Waals surface area contributed by atoms with Crippen LogP contribution < -0.4 is 5.73 Å². The fourth-order valence-corrected chi connectivity index (χ4v) is 6.43. The number of phosphoric ester groups is 1. The minimum atomic E-state index is -4.70. The van der Waals surface area contributed by atoms with E-state index in [1.807, 2.05) is 0 Å². The smallest absolute Gasteiger partial charge is 0.472 e. The summed E-state index contributed by atoms with van der Waals surface area (Å²) in [6, 6.07) is -1.51. The van der Waals surface area contributed by atoms with E-state index in [1.165, 1.54) is 116 Å². The lowest BCUT2D eigenvalue weighted by atomic mass is 10.0. The van der Waals surface area contributed by atoms with Crippen molar-refractivity contribution in [2.75, 3.05) is 19.8 Å². The third-order valence-electron chi connectivity index (χ3n) is 8.86. The highest BCUT2D eigenvalue weighted by Crippen LogP contribution is 2.43. The van der Waals surface area contributed by atoms with Crippen molar-refractivity contribution in [1.29, 1.82) is 0 Å². The van der Waals surface area contributed by atoms with Crippen LogP contribution in [0.4, 0.5) is 0 Å². The van der Waals surface area contributed by atoms with Gasteiger partial charge in [0.05, 0.1) is 13.2 Å². The van der Waals surface area contributed by atoms with Crippen LogP contribution in [0.2, 0.25) is 0 Å². The summed E-state index contributed by atoms with van der Waals surface area (Å²) in [5.74, 6) is -2.37. The van der Waals surface area contributed by atoms with Crippen LogP contribution in [-0.2, 0) is 37.5 Å². The SMILES string of the molecule is CCCCCCCCCCCCCCCCCCCCCC(=O)OC(COC(=O)CCCCCCCCC)COP(=O)(O)OCC(N)C(=O)O. The van der Waals surface area contributed by atoms with Crippen LogP contribution in [0.1, 0.15) is 194 Å². The highest BCUT2D eigenvalue weighted by Gasteiger charge is 2.28. The maximum atomic E-state index is 12.6. The molecule has 50 heavy (non-hydrogen) atoms. The Bertz CT molecular complexity index is 875. The average Bonchev–Trinajstić information content (AvgIpc) is 3.09. The highest BCUT2D eigenvalue weighted by molar-refractivity contribution is 7.47. The number of unbranched alkanes of at least 4 members (excludes halogenated alkanes) is 24. The van der Waals surface area contributed by atoms with E-state index in [1.54, 1.807) is 0 Å². The highest BCUT2D eigenvalue weighted by atomic mass is 31.2. The largest absolute Gasteiger partial charge is 0.480 e. The second kappa shape index (κ2) is 34.6. The van der Waals surface area contributed by atoms with Gasteiger partial charge in [-0.1, -0.05) is 168 Å². The standard InChI is InChI=1S/C38H74NO10P/c1-3-5-7-9-11-12-13-14-15-16-17-18-19-20-21-22-24-26-28-30-37(41)49-34(32-47-50(44,45)48-33-35(39)38(42)43)31-46-36(40)29-27-25-23-10-8-6-4-2/h34-35H,3-33,39H2,1-2H3,(H,42,43)(H,44,45). The van der Waals surface area contributed by atoms with Crippen LogP contribution >= 0.6 is 7.82 Å². The Morgan fingerprint density at radius 3 is 1.26 bits per heavy atom. The van der Waals surface area contributed by atoms with Crippen molar-refractivity contribution >= 4 is 25.7 Å². The van der Waals surface area contributed by atoms with Crippen LogP contribution in [0, 0.1) is 0 Å².